The first-order valence-electron chi connectivity index (χ1n) is 12.4. The van der Waals surface area contributed by atoms with Gasteiger partial charge in [-0.05, 0) is 47.2 Å². The van der Waals surface area contributed by atoms with E-state index in [0.29, 0.717) is 28.8 Å². The number of amides is 1. The molecule has 2 aliphatic rings. The van der Waals surface area contributed by atoms with Crippen LogP contribution in [0.25, 0.3) is 0 Å². The van der Waals surface area contributed by atoms with Crippen LogP contribution in [0, 0.1) is 5.92 Å². The van der Waals surface area contributed by atoms with Crippen LogP contribution in [0.4, 0.5) is 4.79 Å². The summed E-state index contributed by atoms with van der Waals surface area (Å²) in [7, 11) is -2.20. The largest absolute Gasteiger partial charge is 0.543 e. The Kier molecular flexibility index (Phi) is 7.78. The minimum absolute atomic E-state index is 0.0652. The number of ether oxygens (including phenoxy) is 1. The molecule has 5 nitrogen and oxygen atoms in total. The highest BCUT2D eigenvalue weighted by Gasteiger charge is 2.52. The molecule has 0 spiro atoms. The molecule has 7 heteroatoms. The molecule has 1 aliphatic heterocycles. The highest BCUT2D eigenvalue weighted by molar-refractivity contribution is 9.10. The van der Waals surface area contributed by atoms with Gasteiger partial charge in [0.2, 0.25) is 0 Å². The Morgan fingerprint density at radius 2 is 1.65 bits per heavy atom. The fourth-order valence-electron chi connectivity index (χ4n) is 6.28. The Balaban J connectivity index is 2.12. The number of halogens is 1. The Morgan fingerprint density at radius 3 is 2.12 bits per heavy atom. The van der Waals surface area contributed by atoms with Crippen LogP contribution >= 0.6 is 15.9 Å². The second-order valence-electron chi connectivity index (χ2n) is 11.2. The molecule has 1 aliphatic carbocycles. The first-order valence-corrected chi connectivity index (χ1v) is 15.4. The van der Waals surface area contributed by atoms with Gasteiger partial charge in [-0.15, -0.1) is 0 Å². The lowest BCUT2D eigenvalue weighted by Gasteiger charge is -2.42. The van der Waals surface area contributed by atoms with E-state index in [1.807, 2.05) is 19.1 Å². The number of nitrogens with zero attached hydrogens (tertiary/aromatic N) is 1. The van der Waals surface area contributed by atoms with Gasteiger partial charge in [-0.2, -0.15) is 0 Å². The third kappa shape index (κ3) is 4.27. The zero-order valence-corrected chi connectivity index (χ0v) is 24.7. The van der Waals surface area contributed by atoms with E-state index in [9.17, 15) is 9.59 Å². The van der Waals surface area contributed by atoms with Gasteiger partial charge in [0.05, 0.1) is 6.04 Å². The van der Waals surface area contributed by atoms with E-state index >= 15 is 0 Å². The predicted molar refractivity (Wildman–Crippen MR) is 143 cm³/mol. The minimum atomic E-state index is -2.20. The first kappa shape index (κ1) is 27.0. The number of cyclic esters (lactones) is 1. The molecule has 0 N–H and O–H groups in total. The van der Waals surface area contributed by atoms with Crippen LogP contribution in [0.5, 0.6) is 5.75 Å². The van der Waals surface area contributed by atoms with Gasteiger partial charge in [0, 0.05) is 16.0 Å². The summed E-state index contributed by atoms with van der Waals surface area (Å²) in [5.74, 6) is 0.544. The molecule has 1 heterocycles. The standard InChI is InChI=1S/C27H40BrNO4Si/c1-14(2)22-13-32-27(31)29(22)25-23(15(3)4)24-20(26(25)30)11-19(12-21(24)28)33-34(16(5)6,17(7)8)18(9)10/h11-12,14,16-18,22-23,25H,3,13H2,1-2,4-10H3/t22-,23+,25-/m1/s1. The van der Waals surface area contributed by atoms with Crippen LogP contribution in [0.1, 0.15) is 84.2 Å². The number of benzene rings is 1. The normalized spacial score (nSPS) is 22.9. The molecule has 1 aromatic carbocycles. The van der Waals surface area contributed by atoms with Gasteiger partial charge < -0.3 is 9.16 Å². The molecule has 1 aromatic rings. The first-order chi connectivity index (χ1) is 15.7. The molecule has 3 rings (SSSR count). The Morgan fingerprint density at radius 1 is 1.09 bits per heavy atom. The van der Waals surface area contributed by atoms with E-state index in [-0.39, 0.29) is 23.7 Å². The molecule has 0 unspecified atom stereocenters. The van der Waals surface area contributed by atoms with Crippen molar-refractivity contribution in [1.82, 2.24) is 4.90 Å². The predicted octanol–water partition coefficient (Wildman–Crippen LogP) is 7.70. The van der Waals surface area contributed by atoms with Crippen LogP contribution < -0.4 is 4.43 Å². The van der Waals surface area contributed by atoms with Gasteiger partial charge in [-0.1, -0.05) is 83.5 Å². The molecular formula is C27H40BrNO4Si. The summed E-state index contributed by atoms with van der Waals surface area (Å²) in [6.07, 6.45) is -0.422. The summed E-state index contributed by atoms with van der Waals surface area (Å²) in [4.78, 5) is 28.4. The number of Topliss-reactive ketones (excluding diaryl/α,β-unsaturated/α-hetero) is 1. The van der Waals surface area contributed by atoms with Gasteiger partial charge in [-0.3, -0.25) is 9.69 Å². The second kappa shape index (κ2) is 9.80. The Hall–Kier alpha value is -1.60. The van der Waals surface area contributed by atoms with Gasteiger partial charge in [0.15, 0.2) is 5.78 Å². The van der Waals surface area contributed by atoms with Crippen molar-refractivity contribution >= 4 is 36.1 Å². The van der Waals surface area contributed by atoms with E-state index < -0.39 is 20.5 Å². The summed E-state index contributed by atoms with van der Waals surface area (Å²) in [6, 6.07) is 3.11. The number of fused-ring (bicyclic) bond motifs is 1. The molecule has 0 radical (unpaired) electrons. The van der Waals surface area contributed by atoms with Crippen LogP contribution in [-0.4, -0.2) is 43.8 Å². The number of hydrogen-bond acceptors (Lipinski definition) is 4. The van der Waals surface area contributed by atoms with E-state index in [1.54, 1.807) is 4.90 Å². The van der Waals surface area contributed by atoms with Crippen LogP contribution in [0.15, 0.2) is 28.8 Å². The highest BCUT2D eigenvalue weighted by atomic mass is 79.9. The van der Waals surface area contributed by atoms with E-state index in [0.717, 1.165) is 21.4 Å². The van der Waals surface area contributed by atoms with Gasteiger partial charge in [-0.25, -0.2) is 4.79 Å². The van der Waals surface area contributed by atoms with E-state index in [1.165, 1.54) is 0 Å². The zero-order chi connectivity index (χ0) is 25.7. The van der Waals surface area contributed by atoms with Crippen LogP contribution in [-0.2, 0) is 4.74 Å². The monoisotopic (exact) mass is 549 g/mol. The van der Waals surface area contributed by atoms with E-state index in [4.69, 9.17) is 9.16 Å². The fraction of sp³-hybridized carbons (Fsp3) is 0.630. The number of carbonyl (C=O) groups excluding carboxylic acids is 2. The molecule has 0 saturated carbocycles. The zero-order valence-electron chi connectivity index (χ0n) is 22.1. The van der Waals surface area contributed by atoms with Crippen molar-refractivity contribution in [2.45, 2.75) is 96.9 Å². The molecular weight excluding hydrogens is 510 g/mol. The van der Waals surface area contributed by atoms with Crippen molar-refractivity contribution in [3.63, 3.8) is 0 Å². The van der Waals surface area contributed by atoms with E-state index in [2.05, 4.69) is 77.9 Å². The molecule has 3 atom stereocenters. The maximum atomic E-state index is 13.9. The van der Waals surface area contributed by atoms with Crippen LogP contribution in [0.3, 0.4) is 0 Å². The lowest BCUT2D eigenvalue weighted by Crippen LogP contribution is -2.50. The molecule has 1 amide bonds. The number of carbonyl (C=O) groups is 2. The lowest BCUT2D eigenvalue weighted by molar-refractivity contribution is 0.0808. The lowest BCUT2D eigenvalue weighted by atomic mass is 9.89. The van der Waals surface area contributed by atoms with Crippen molar-refractivity contribution in [1.29, 1.82) is 0 Å². The fourth-order valence-corrected chi connectivity index (χ4v) is 12.2. The Labute approximate surface area is 214 Å². The number of rotatable bonds is 8. The average Bonchev–Trinajstić information content (AvgIpc) is 3.23. The minimum Gasteiger partial charge on any atom is -0.543 e. The quantitative estimate of drug-likeness (QED) is 0.246. The van der Waals surface area contributed by atoms with Crippen LogP contribution in [0.2, 0.25) is 16.6 Å². The summed E-state index contributed by atoms with van der Waals surface area (Å²) < 4.78 is 13.1. The van der Waals surface area contributed by atoms with Gasteiger partial charge >= 0.3 is 6.09 Å². The Bertz CT molecular complexity index is 965. The average molecular weight is 551 g/mol. The third-order valence-electron chi connectivity index (χ3n) is 7.81. The maximum absolute atomic E-state index is 13.9. The van der Waals surface area contributed by atoms with Gasteiger partial charge in [0.25, 0.3) is 8.32 Å². The topological polar surface area (TPSA) is 55.8 Å². The summed E-state index contributed by atoms with van der Waals surface area (Å²) >= 11 is 3.76. The number of ketones is 1. The van der Waals surface area contributed by atoms with Crippen molar-refractivity contribution in [3.8, 4) is 5.75 Å². The molecule has 0 aromatic heterocycles. The third-order valence-corrected chi connectivity index (χ3v) is 14.5. The summed E-state index contributed by atoms with van der Waals surface area (Å²) in [5, 5.41) is 0. The maximum Gasteiger partial charge on any atom is 0.410 e. The SMILES string of the molecule is C=C(C)[C@H]1c2c(Br)cc(O[Si](C(C)C)(C(C)C)C(C)C)cc2C(=O)[C@@H]1N1C(=O)OC[C@@H]1C(C)C. The smallest absolute Gasteiger partial charge is 0.410 e. The summed E-state index contributed by atoms with van der Waals surface area (Å²) in [5.41, 5.74) is 3.60. The molecule has 0 bridgehead atoms. The summed E-state index contributed by atoms with van der Waals surface area (Å²) in [6.45, 7) is 24.0. The van der Waals surface area contributed by atoms with Crippen molar-refractivity contribution in [3.05, 3.63) is 39.9 Å². The molecule has 1 fully saturated rings. The molecule has 34 heavy (non-hydrogen) atoms. The number of hydrogen-bond donors (Lipinski definition) is 0. The van der Waals surface area contributed by atoms with Gasteiger partial charge in [0.1, 0.15) is 18.4 Å². The van der Waals surface area contributed by atoms with Crippen molar-refractivity contribution in [2.24, 2.45) is 5.92 Å². The second-order valence-corrected chi connectivity index (χ2v) is 17.4. The van der Waals surface area contributed by atoms with Crippen molar-refractivity contribution < 1.29 is 18.8 Å². The van der Waals surface area contributed by atoms with Crippen molar-refractivity contribution in [2.75, 3.05) is 6.61 Å². The molecule has 188 valence electrons. The molecule has 1 saturated heterocycles. The highest BCUT2D eigenvalue weighted by Crippen LogP contribution is 2.49.